The number of nitrogens with zero attached hydrogens (tertiary/aromatic N) is 3. The predicted octanol–water partition coefficient (Wildman–Crippen LogP) is 1.99. The van der Waals surface area contributed by atoms with E-state index in [4.69, 9.17) is 9.47 Å². The molecule has 0 aromatic heterocycles. The number of nitriles is 1. The minimum atomic E-state index is -0.152. The molecule has 0 bridgehead atoms. The highest BCUT2D eigenvalue weighted by Gasteiger charge is 2.23. The summed E-state index contributed by atoms with van der Waals surface area (Å²) in [5, 5.41) is 9.45. The van der Waals surface area contributed by atoms with E-state index in [2.05, 4.69) is 11.0 Å². The molecule has 1 aromatic rings. The molecule has 1 aliphatic rings. The Bertz CT molecular complexity index is 507. The standard InChI is InChI=1S/C17H25N3O2/c1-14(15(12-18)13-20-7-9-21-10-8-20)22-17-6-4-5-16(11-17)19(2)3/h4-6,11,14-15H,7-10,13H2,1-3H3. The summed E-state index contributed by atoms with van der Waals surface area (Å²) in [6, 6.07) is 10.3. The number of benzene rings is 1. The van der Waals surface area contributed by atoms with Gasteiger partial charge in [-0.05, 0) is 19.1 Å². The SMILES string of the molecule is CC(Oc1cccc(N(C)C)c1)C(C#N)CN1CCOCC1. The van der Waals surface area contributed by atoms with Crippen LogP contribution in [-0.4, -0.2) is 57.9 Å². The van der Waals surface area contributed by atoms with Crippen LogP contribution in [0, 0.1) is 17.2 Å². The van der Waals surface area contributed by atoms with Gasteiger partial charge in [0.2, 0.25) is 0 Å². The Labute approximate surface area is 133 Å². The molecule has 0 aliphatic carbocycles. The summed E-state index contributed by atoms with van der Waals surface area (Å²) in [5.74, 6) is 0.655. The summed E-state index contributed by atoms with van der Waals surface area (Å²) in [5.41, 5.74) is 1.09. The lowest BCUT2D eigenvalue weighted by atomic mass is 10.0. The van der Waals surface area contributed by atoms with Crippen LogP contribution in [0.3, 0.4) is 0 Å². The lowest BCUT2D eigenvalue weighted by Crippen LogP contribution is -2.42. The quantitative estimate of drug-likeness (QED) is 0.804. The number of morpholine rings is 1. The zero-order chi connectivity index (χ0) is 15.9. The van der Waals surface area contributed by atoms with Crippen molar-refractivity contribution in [2.45, 2.75) is 13.0 Å². The largest absolute Gasteiger partial charge is 0.489 e. The normalized spacial score (nSPS) is 18.3. The molecule has 0 N–H and O–H groups in total. The van der Waals surface area contributed by atoms with Crippen LogP contribution in [0.4, 0.5) is 5.69 Å². The number of hydrogen-bond acceptors (Lipinski definition) is 5. The molecular weight excluding hydrogens is 278 g/mol. The van der Waals surface area contributed by atoms with Gasteiger partial charge in [0.15, 0.2) is 0 Å². The molecule has 5 nitrogen and oxygen atoms in total. The van der Waals surface area contributed by atoms with Gasteiger partial charge >= 0.3 is 0 Å². The lowest BCUT2D eigenvalue weighted by molar-refractivity contribution is 0.0256. The minimum Gasteiger partial charge on any atom is -0.489 e. The number of anilines is 1. The highest BCUT2D eigenvalue weighted by Crippen LogP contribution is 2.22. The van der Waals surface area contributed by atoms with Gasteiger partial charge in [-0.3, -0.25) is 4.90 Å². The van der Waals surface area contributed by atoms with Crippen molar-refractivity contribution in [3.8, 4) is 11.8 Å². The Kier molecular flexibility index (Phi) is 6.05. The van der Waals surface area contributed by atoms with Gasteiger partial charge in [-0.2, -0.15) is 5.26 Å². The van der Waals surface area contributed by atoms with Crippen LogP contribution in [0.5, 0.6) is 5.75 Å². The predicted molar refractivity (Wildman–Crippen MR) is 87.2 cm³/mol. The van der Waals surface area contributed by atoms with Gasteiger partial charge < -0.3 is 14.4 Å². The summed E-state index contributed by atoms with van der Waals surface area (Å²) in [6.45, 7) is 5.98. The highest BCUT2D eigenvalue weighted by atomic mass is 16.5. The van der Waals surface area contributed by atoms with E-state index in [1.165, 1.54) is 0 Å². The molecule has 5 heteroatoms. The second-order valence-electron chi connectivity index (χ2n) is 5.86. The number of hydrogen-bond donors (Lipinski definition) is 0. The maximum atomic E-state index is 9.45. The molecule has 1 heterocycles. The second kappa shape index (κ2) is 8.02. The molecule has 1 fully saturated rings. The van der Waals surface area contributed by atoms with Gasteiger partial charge in [0.05, 0.1) is 25.2 Å². The smallest absolute Gasteiger partial charge is 0.121 e. The van der Waals surface area contributed by atoms with Crippen molar-refractivity contribution < 1.29 is 9.47 Å². The third kappa shape index (κ3) is 4.62. The van der Waals surface area contributed by atoms with Gasteiger partial charge in [0.1, 0.15) is 11.9 Å². The van der Waals surface area contributed by atoms with Crippen LogP contribution in [0.1, 0.15) is 6.92 Å². The Morgan fingerprint density at radius 3 is 2.73 bits per heavy atom. The zero-order valence-corrected chi connectivity index (χ0v) is 13.7. The van der Waals surface area contributed by atoms with E-state index in [1.807, 2.05) is 50.2 Å². The molecule has 1 aliphatic heterocycles. The van der Waals surface area contributed by atoms with E-state index in [9.17, 15) is 5.26 Å². The first kappa shape index (κ1) is 16.6. The van der Waals surface area contributed by atoms with Crippen molar-refractivity contribution in [2.75, 3.05) is 51.8 Å². The molecule has 2 rings (SSSR count). The molecule has 120 valence electrons. The van der Waals surface area contributed by atoms with E-state index >= 15 is 0 Å². The Hall–Kier alpha value is -1.77. The van der Waals surface area contributed by atoms with Crippen molar-refractivity contribution in [3.63, 3.8) is 0 Å². The maximum absolute atomic E-state index is 9.45. The summed E-state index contributed by atoms with van der Waals surface area (Å²) in [6.07, 6.45) is -0.148. The van der Waals surface area contributed by atoms with E-state index in [0.717, 1.165) is 44.3 Å². The van der Waals surface area contributed by atoms with Gasteiger partial charge in [-0.25, -0.2) is 0 Å². The molecule has 0 spiro atoms. The van der Waals surface area contributed by atoms with Crippen molar-refractivity contribution in [1.82, 2.24) is 4.90 Å². The molecule has 1 aromatic carbocycles. The Morgan fingerprint density at radius 1 is 1.36 bits per heavy atom. The molecule has 0 amide bonds. The summed E-state index contributed by atoms with van der Waals surface area (Å²) < 4.78 is 11.3. The van der Waals surface area contributed by atoms with Crippen LogP contribution in [0.25, 0.3) is 0 Å². The summed E-state index contributed by atoms with van der Waals surface area (Å²) in [4.78, 5) is 4.31. The van der Waals surface area contributed by atoms with Crippen LogP contribution >= 0.6 is 0 Å². The third-order valence-corrected chi connectivity index (χ3v) is 3.95. The van der Waals surface area contributed by atoms with E-state index in [1.54, 1.807) is 0 Å². The zero-order valence-electron chi connectivity index (χ0n) is 13.7. The van der Waals surface area contributed by atoms with Crippen LogP contribution in [0.15, 0.2) is 24.3 Å². The lowest BCUT2D eigenvalue weighted by Gasteiger charge is -2.30. The van der Waals surface area contributed by atoms with Crippen LogP contribution in [0.2, 0.25) is 0 Å². The molecule has 22 heavy (non-hydrogen) atoms. The fourth-order valence-corrected chi connectivity index (χ4v) is 2.49. The van der Waals surface area contributed by atoms with Crippen molar-refractivity contribution >= 4 is 5.69 Å². The Balaban J connectivity index is 1.95. The minimum absolute atomic E-state index is 0.148. The summed E-state index contributed by atoms with van der Waals surface area (Å²) >= 11 is 0. The topological polar surface area (TPSA) is 48.7 Å². The van der Waals surface area contributed by atoms with Crippen molar-refractivity contribution in [2.24, 2.45) is 5.92 Å². The average molecular weight is 303 g/mol. The van der Waals surface area contributed by atoms with Gasteiger partial charge in [-0.1, -0.05) is 6.07 Å². The van der Waals surface area contributed by atoms with Crippen LogP contribution < -0.4 is 9.64 Å². The summed E-state index contributed by atoms with van der Waals surface area (Å²) in [7, 11) is 4.00. The first-order valence-corrected chi connectivity index (χ1v) is 7.74. The van der Waals surface area contributed by atoms with E-state index < -0.39 is 0 Å². The van der Waals surface area contributed by atoms with Gasteiger partial charge in [-0.15, -0.1) is 0 Å². The maximum Gasteiger partial charge on any atom is 0.121 e. The van der Waals surface area contributed by atoms with E-state index in [0.29, 0.717) is 0 Å². The molecule has 0 saturated carbocycles. The fraction of sp³-hybridized carbons (Fsp3) is 0.588. The monoisotopic (exact) mass is 303 g/mol. The van der Waals surface area contributed by atoms with Crippen LogP contribution in [-0.2, 0) is 4.74 Å². The molecule has 1 saturated heterocycles. The number of rotatable bonds is 6. The Morgan fingerprint density at radius 2 is 2.09 bits per heavy atom. The molecule has 2 atom stereocenters. The van der Waals surface area contributed by atoms with Crippen molar-refractivity contribution in [3.05, 3.63) is 24.3 Å². The van der Waals surface area contributed by atoms with Gasteiger partial charge in [0, 0.05) is 45.5 Å². The first-order valence-electron chi connectivity index (χ1n) is 7.74. The first-order chi connectivity index (χ1) is 10.6. The van der Waals surface area contributed by atoms with Crippen molar-refractivity contribution in [1.29, 1.82) is 5.26 Å². The average Bonchev–Trinajstić information content (AvgIpc) is 2.53. The highest BCUT2D eigenvalue weighted by molar-refractivity contribution is 5.49. The molecule has 0 radical (unpaired) electrons. The molecular formula is C17H25N3O2. The fourth-order valence-electron chi connectivity index (χ4n) is 2.49. The second-order valence-corrected chi connectivity index (χ2v) is 5.86. The van der Waals surface area contributed by atoms with E-state index in [-0.39, 0.29) is 12.0 Å². The van der Waals surface area contributed by atoms with Gasteiger partial charge in [0.25, 0.3) is 0 Å². The third-order valence-electron chi connectivity index (χ3n) is 3.95. The number of ether oxygens (including phenoxy) is 2. The molecule has 2 unspecified atom stereocenters.